The van der Waals surface area contributed by atoms with E-state index in [4.69, 9.17) is 4.52 Å². The van der Waals surface area contributed by atoms with E-state index in [2.05, 4.69) is 15.4 Å². The van der Waals surface area contributed by atoms with Crippen molar-refractivity contribution in [2.75, 3.05) is 13.1 Å². The molecule has 1 amide bonds. The summed E-state index contributed by atoms with van der Waals surface area (Å²) in [5.41, 5.74) is 0.742. The maximum atomic E-state index is 12.0. The van der Waals surface area contributed by atoms with Crippen LogP contribution in [0.15, 0.2) is 10.6 Å². The number of aromatic nitrogens is 1. The third-order valence-electron chi connectivity index (χ3n) is 4.02. The normalized spacial score (nSPS) is 28.1. The summed E-state index contributed by atoms with van der Waals surface area (Å²) in [6.07, 6.45) is 4.80. The monoisotopic (exact) mass is 249 g/mol. The van der Waals surface area contributed by atoms with Crippen molar-refractivity contribution in [3.05, 3.63) is 17.5 Å². The van der Waals surface area contributed by atoms with Gasteiger partial charge in [-0.3, -0.25) is 9.69 Å². The highest BCUT2D eigenvalue weighted by molar-refractivity contribution is 5.91. The number of rotatable bonds is 2. The Morgan fingerprint density at radius 3 is 3.11 bits per heavy atom. The number of hydrogen-bond donors (Lipinski definition) is 1. The quantitative estimate of drug-likeness (QED) is 0.859. The number of hydrogen-bond acceptors (Lipinski definition) is 4. The van der Waals surface area contributed by atoms with Crippen molar-refractivity contribution < 1.29 is 9.32 Å². The Bertz CT molecular complexity index is 443. The Morgan fingerprint density at radius 2 is 2.33 bits per heavy atom. The Hall–Kier alpha value is -1.36. The van der Waals surface area contributed by atoms with Crippen LogP contribution in [0.25, 0.3) is 0 Å². The molecule has 18 heavy (non-hydrogen) atoms. The standard InChI is InChI=1S/C13H19N3O2/c1-9-8-12(18-15-9)13(17)14-10-5-7-16-6-3-2-4-11(10)16/h8,10-11H,2-7H2,1H3,(H,14,17)/t10-,11-/m1/s1. The maximum Gasteiger partial charge on any atom is 0.290 e. The van der Waals surface area contributed by atoms with Crippen molar-refractivity contribution in [2.45, 2.75) is 44.7 Å². The van der Waals surface area contributed by atoms with E-state index in [1.54, 1.807) is 6.07 Å². The van der Waals surface area contributed by atoms with Gasteiger partial charge in [0.15, 0.2) is 0 Å². The first kappa shape index (κ1) is 11.7. The van der Waals surface area contributed by atoms with Gasteiger partial charge in [0.25, 0.3) is 5.91 Å². The summed E-state index contributed by atoms with van der Waals surface area (Å²) in [4.78, 5) is 14.5. The van der Waals surface area contributed by atoms with Gasteiger partial charge in [0.1, 0.15) is 0 Å². The number of nitrogens with zero attached hydrogens (tertiary/aromatic N) is 2. The first-order valence-corrected chi connectivity index (χ1v) is 6.72. The zero-order valence-corrected chi connectivity index (χ0v) is 10.7. The van der Waals surface area contributed by atoms with Gasteiger partial charge < -0.3 is 9.84 Å². The Morgan fingerprint density at radius 1 is 1.44 bits per heavy atom. The molecular formula is C13H19N3O2. The van der Waals surface area contributed by atoms with Crippen LogP contribution < -0.4 is 5.32 Å². The molecule has 5 heteroatoms. The molecule has 2 aliphatic heterocycles. The van der Waals surface area contributed by atoms with E-state index in [0.717, 1.165) is 18.7 Å². The second-order valence-electron chi connectivity index (χ2n) is 5.30. The fourth-order valence-corrected chi connectivity index (χ4v) is 3.13. The van der Waals surface area contributed by atoms with Crippen molar-refractivity contribution in [2.24, 2.45) is 0 Å². The zero-order chi connectivity index (χ0) is 12.5. The molecule has 2 fully saturated rings. The lowest BCUT2D eigenvalue weighted by Crippen LogP contribution is -2.46. The fourth-order valence-electron chi connectivity index (χ4n) is 3.13. The minimum absolute atomic E-state index is 0.131. The highest BCUT2D eigenvalue weighted by atomic mass is 16.5. The van der Waals surface area contributed by atoms with E-state index in [0.29, 0.717) is 11.8 Å². The van der Waals surface area contributed by atoms with Gasteiger partial charge in [-0.2, -0.15) is 0 Å². The van der Waals surface area contributed by atoms with E-state index in [9.17, 15) is 4.79 Å². The molecule has 1 aromatic rings. The summed E-state index contributed by atoms with van der Waals surface area (Å²) >= 11 is 0. The van der Waals surface area contributed by atoms with Crippen LogP contribution in [-0.2, 0) is 0 Å². The van der Waals surface area contributed by atoms with Crippen LogP contribution in [0.4, 0.5) is 0 Å². The molecule has 3 rings (SSSR count). The molecule has 0 aliphatic carbocycles. The summed E-state index contributed by atoms with van der Waals surface area (Å²) in [5.74, 6) is 0.190. The van der Waals surface area contributed by atoms with Gasteiger partial charge in [-0.1, -0.05) is 11.6 Å². The number of amides is 1. The number of piperidine rings is 1. The summed E-state index contributed by atoms with van der Waals surface area (Å²) in [6.45, 7) is 4.10. The zero-order valence-electron chi connectivity index (χ0n) is 10.7. The van der Waals surface area contributed by atoms with Crippen LogP contribution in [0.5, 0.6) is 0 Å². The average Bonchev–Trinajstić information content (AvgIpc) is 2.97. The number of fused-ring (bicyclic) bond motifs is 1. The molecule has 0 radical (unpaired) electrons. The van der Waals surface area contributed by atoms with Crippen molar-refractivity contribution >= 4 is 5.91 Å². The molecule has 1 aromatic heterocycles. The van der Waals surface area contributed by atoms with Crippen molar-refractivity contribution in [1.82, 2.24) is 15.4 Å². The van der Waals surface area contributed by atoms with Crippen LogP contribution in [0.2, 0.25) is 0 Å². The van der Waals surface area contributed by atoms with Gasteiger partial charge in [-0.25, -0.2) is 0 Å². The number of carbonyl (C=O) groups is 1. The highest BCUT2D eigenvalue weighted by Crippen LogP contribution is 2.27. The van der Waals surface area contributed by atoms with E-state index in [1.807, 2.05) is 6.92 Å². The van der Waals surface area contributed by atoms with Crippen molar-refractivity contribution in [1.29, 1.82) is 0 Å². The molecular weight excluding hydrogens is 230 g/mol. The SMILES string of the molecule is Cc1cc(C(=O)N[C@@H]2CCN3CCCC[C@H]23)on1. The third-order valence-corrected chi connectivity index (χ3v) is 4.02. The average molecular weight is 249 g/mol. The first-order chi connectivity index (χ1) is 8.74. The Kier molecular flexibility index (Phi) is 3.07. The molecule has 5 nitrogen and oxygen atoms in total. The number of carbonyl (C=O) groups excluding carboxylic acids is 1. The van der Waals surface area contributed by atoms with Crippen LogP contribution in [-0.4, -0.2) is 41.1 Å². The highest BCUT2D eigenvalue weighted by Gasteiger charge is 2.36. The second kappa shape index (κ2) is 4.72. The van der Waals surface area contributed by atoms with Gasteiger partial charge in [0.2, 0.25) is 5.76 Å². The molecule has 0 unspecified atom stereocenters. The molecule has 98 valence electrons. The summed E-state index contributed by atoms with van der Waals surface area (Å²) in [5, 5.41) is 6.84. The second-order valence-corrected chi connectivity index (χ2v) is 5.30. The molecule has 2 atom stereocenters. The minimum Gasteiger partial charge on any atom is -0.351 e. The number of nitrogens with one attached hydrogen (secondary N) is 1. The van der Waals surface area contributed by atoms with Crippen molar-refractivity contribution in [3.63, 3.8) is 0 Å². The first-order valence-electron chi connectivity index (χ1n) is 6.72. The van der Waals surface area contributed by atoms with Gasteiger partial charge in [-0.05, 0) is 32.7 Å². The maximum absolute atomic E-state index is 12.0. The van der Waals surface area contributed by atoms with Crippen LogP contribution >= 0.6 is 0 Å². The predicted molar refractivity (Wildman–Crippen MR) is 66.3 cm³/mol. The van der Waals surface area contributed by atoms with E-state index >= 15 is 0 Å². The Labute approximate surface area is 107 Å². The van der Waals surface area contributed by atoms with Gasteiger partial charge in [-0.15, -0.1) is 0 Å². The molecule has 0 aromatic carbocycles. The lowest BCUT2D eigenvalue weighted by molar-refractivity contribution is 0.0878. The largest absolute Gasteiger partial charge is 0.351 e. The predicted octanol–water partition coefficient (Wildman–Crippen LogP) is 1.34. The molecule has 2 aliphatic rings. The van der Waals surface area contributed by atoms with E-state index in [1.165, 1.54) is 25.8 Å². The van der Waals surface area contributed by atoms with Crippen LogP contribution in [0.3, 0.4) is 0 Å². The topological polar surface area (TPSA) is 58.4 Å². The minimum atomic E-state index is -0.131. The molecule has 0 saturated carbocycles. The van der Waals surface area contributed by atoms with E-state index in [-0.39, 0.29) is 11.9 Å². The smallest absolute Gasteiger partial charge is 0.290 e. The molecule has 0 bridgehead atoms. The number of aryl methyl sites for hydroxylation is 1. The van der Waals surface area contributed by atoms with Gasteiger partial charge in [0, 0.05) is 24.7 Å². The lowest BCUT2D eigenvalue weighted by Gasteiger charge is -2.32. The van der Waals surface area contributed by atoms with Gasteiger partial charge >= 0.3 is 0 Å². The summed E-state index contributed by atoms with van der Waals surface area (Å²) in [6, 6.07) is 2.47. The van der Waals surface area contributed by atoms with Gasteiger partial charge in [0.05, 0.1) is 5.69 Å². The molecule has 1 N–H and O–H groups in total. The molecule has 0 spiro atoms. The summed E-state index contributed by atoms with van der Waals surface area (Å²) in [7, 11) is 0. The molecule has 2 saturated heterocycles. The Balaban J connectivity index is 1.64. The summed E-state index contributed by atoms with van der Waals surface area (Å²) < 4.78 is 5.00. The van der Waals surface area contributed by atoms with E-state index < -0.39 is 0 Å². The lowest BCUT2D eigenvalue weighted by atomic mass is 9.99. The molecule has 3 heterocycles. The van der Waals surface area contributed by atoms with Crippen LogP contribution in [0, 0.1) is 6.92 Å². The van der Waals surface area contributed by atoms with Crippen LogP contribution in [0.1, 0.15) is 41.9 Å². The third kappa shape index (κ3) is 2.14. The fraction of sp³-hybridized carbons (Fsp3) is 0.692. The van der Waals surface area contributed by atoms with Crippen molar-refractivity contribution in [3.8, 4) is 0 Å².